The van der Waals surface area contributed by atoms with E-state index in [1.807, 2.05) is 0 Å². The van der Waals surface area contributed by atoms with Gasteiger partial charge in [-0.2, -0.15) is 0 Å². The highest BCUT2D eigenvalue weighted by molar-refractivity contribution is 6.21. The van der Waals surface area contributed by atoms with Crippen molar-refractivity contribution in [3.05, 3.63) is 23.5 Å². The maximum Gasteiger partial charge on any atom is 0.0791 e. The Balaban J connectivity index is 3.03. The van der Waals surface area contributed by atoms with E-state index in [0.717, 1.165) is 0 Å². The summed E-state index contributed by atoms with van der Waals surface area (Å²) in [6.45, 7) is 0. The lowest BCUT2D eigenvalue weighted by atomic mass is 10.1. The molecule has 0 saturated heterocycles. The van der Waals surface area contributed by atoms with E-state index in [1.165, 1.54) is 12.2 Å². The first kappa shape index (κ1) is 6.54. The molecule has 1 rings (SSSR count). The molecule has 0 aromatic heterocycles. The molecule has 1 aliphatic carbocycles. The lowest BCUT2D eigenvalue weighted by Gasteiger charge is -2.07. The predicted octanol–water partition coefficient (Wildman–Crippen LogP) is -0.275. The third-order valence-electron chi connectivity index (χ3n) is 1.22. The van der Waals surface area contributed by atoms with Crippen LogP contribution in [-0.4, -0.2) is 11.4 Å². The minimum absolute atomic E-state index is 0.175. The van der Waals surface area contributed by atoms with Crippen molar-refractivity contribution in [3.63, 3.8) is 0 Å². The molecule has 0 saturated carbocycles. The zero-order valence-corrected chi connectivity index (χ0v) is 5.31. The standard InChI is InChI=1S/C6H8N4/c7-3-1-4(8)6(10)2-5(3)9/h1-2,7,10H,8-9H2. The van der Waals surface area contributed by atoms with E-state index in [1.54, 1.807) is 0 Å². The second-order valence-corrected chi connectivity index (χ2v) is 2.03. The third-order valence-corrected chi connectivity index (χ3v) is 1.22. The average Bonchev–Trinajstić information content (AvgIpc) is 1.84. The van der Waals surface area contributed by atoms with Crippen LogP contribution in [0.1, 0.15) is 0 Å². The van der Waals surface area contributed by atoms with Crippen molar-refractivity contribution in [2.24, 2.45) is 11.5 Å². The van der Waals surface area contributed by atoms with E-state index in [2.05, 4.69) is 0 Å². The summed E-state index contributed by atoms with van der Waals surface area (Å²) in [7, 11) is 0. The predicted molar refractivity (Wildman–Crippen MR) is 40.0 cm³/mol. The van der Waals surface area contributed by atoms with Gasteiger partial charge in [-0.15, -0.1) is 0 Å². The van der Waals surface area contributed by atoms with Gasteiger partial charge in [0, 0.05) is 0 Å². The molecule has 1 aliphatic rings. The Morgan fingerprint density at radius 1 is 0.900 bits per heavy atom. The Hall–Kier alpha value is -1.58. The van der Waals surface area contributed by atoms with Crippen LogP contribution in [0.5, 0.6) is 0 Å². The lowest BCUT2D eigenvalue weighted by molar-refractivity contribution is 1.34. The molecule has 0 fully saturated rings. The van der Waals surface area contributed by atoms with Gasteiger partial charge in [0.15, 0.2) is 0 Å². The van der Waals surface area contributed by atoms with Crippen LogP contribution in [0.4, 0.5) is 0 Å². The highest BCUT2D eigenvalue weighted by atomic mass is 14.7. The summed E-state index contributed by atoms with van der Waals surface area (Å²) >= 11 is 0. The molecule has 0 radical (unpaired) electrons. The Morgan fingerprint density at radius 3 is 1.50 bits per heavy atom. The van der Waals surface area contributed by atoms with Crippen LogP contribution < -0.4 is 11.5 Å². The molecule has 0 unspecified atom stereocenters. The molecule has 0 heterocycles. The highest BCUT2D eigenvalue weighted by Crippen LogP contribution is 2.02. The van der Waals surface area contributed by atoms with Gasteiger partial charge in [-0.25, -0.2) is 0 Å². The smallest absolute Gasteiger partial charge is 0.0791 e. The van der Waals surface area contributed by atoms with E-state index in [9.17, 15) is 0 Å². The third kappa shape index (κ3) is 0.907. The number of nitrogens with one attached hydrogen (secondary N) is 2. The van der Waals surface area contributed by atoms with Crippen molar-refractivity contribution >= 4 is 11.4 Å². The SMILES string of the molecule is N=C1C=C(N)C(=N)C=C1N. The maximum absolute atomic E-state index is 7.17. The molecule has 0 spiro atoms. The monoisotopic (exact) mass is 136 g/mol. The van der Waals surface area contributed by atoms with Gasteiger partial charge in [-0.1, -0.05) is 0 Å². The summed E-state index contributed by atoms with van der Waals surface area (Å²) in [6.07, 6.45) is 2.75. The quantitative estimate of drug-likeness (QED) is 0.344. The van der Waals surface area contributed by atoms with Crippen LogP contribution in [0.3, 0.4) is 0 Å². The molecule has 4 nitrogen and oxygen atoms in total. The Morgan fingerprint density at radius 2 is 1.20 bits per heavy atom. The molecule has 0 atom stereocenters. The van der Waals surface area contributed by atoms with Crippen molar-refractivity contribution < 1.29 is 0 Å². The number of hydrogen-bond donors (Lipinski definition) is 4. The molecule has 0 aromatic rings. The minimum atomic E-state index is 0.175. The van der Waals surface area contributed by atoms with E-state index in [0.29, 0.717) is 11.4 Å². The first-order valence-electron chi connectivity index (χ1n) is 2.73. The lowest BCUT2D eigenvalue weighted by Crippen LogP contribution is -2.21. The van der Waals surface area contributed by atoms with Crippen LogP contribution >= 0.6 is 0 Å². The Labute approximate surface area is 58.2 Å². The van der Waals surface area contributed by atoms with Crippen LogP contribution in [0.2, 0.25) is 0 Å². The van der Waals surface area contributed by atoms with Gasteiger partial charge in [0.25, 0.3) is 0 Å². The molecular weight excluding hydrogens is 128 g/mol. The number of rotatable bonds is 0. The second kappa shape index (κ2) is 1.98. The van der Waals surface area contributed by atoms with Gasteiger partial charge in [-0.3, -0.25) is 10.8 Å². The summed E-state index contributed by atoms with van der Waals surface area (Å²) in [5.41, 5.74) is 11.6. The summed E-state index contributed by atoms with van der Waals surface area (Å²) in [6, 6.07) is 0. The molecule has 0 amide bonds. The normalized spacial score (nSPS) is 18.4. The summed E-state index contributed by atoms with van der Waals surface area (Å²) in [5, 5.41) is 14.3. The van der Waals surface area contributed by atoms with Gasteiger partial charge in [0.05, 0.1) is 22.8 Å². The fourth-order valence-corrected chi connectivity index (χ4v) is 0.633. The molecule has 0 aliphatic heterocycles. The van der Waals surface area contributed by atoms with Crippen molar-refractivity contribution in [3.8, 4) is 0 Å². The first-order valence-corrected chi connectivity index (χ1v) is 2.73. The molecule has 6 N–H and O–H groups in total. The van der Waals surface area contributed by atoms with E-state index >= 15 is 0 Å². The van der Waals surface area contributed by atoms with E-state index < -0.39 is 0 Å². The minimum Gasteiger partial charge on any atom is -0.397 e. The van der Waals surface area contributed by atoms with Gasteiger partial charge in [0.1, 0.15) is 0 Å². The highest BCUT2D eigenvalue weighted by Gasteiger charge is 2.08. The summed E-state index contributed by atoms with van der Waals surface area (Å²) in [4.78, 5) is 0. The topological polar surface area (TPSA) is 99.7 Å². The molecule has 0 aromatic carbocycles. The van der Waals surface area contributed by atoms with Gasteiger partial charge >= 0.3 is 0 Å². The first-order chi connectivity index (χ1) is 4.61. The van der Waals surface area contributed by atoms with Gasteiger partial charge in [-0.05, 0) is 12.2 Å². The average molecular weight is 136 g/mol. The number of hydrogen-bond acceptors (Lipinski definition) is 4. The maximum atomic E-state index is 7.17. The fourth-order valence-electron chi connectivity index (χ4n) is 0.633. The Bertz CT molecular complexity index is 231. The van der Waals surface area contributed by atoms with Crippen molar-refractivity contribution in [1.82, 2.24) is 0 Å². The van der Waals surface area contributed by atoms with Gasteiger partial charge < -0.3 is 11.5 Å². The van der Waals surface area contributed by atoms with Crippen molar-refractivity contribution in [1.29, 1.82) is 10.8 Å². The van der Waals surface area contributed by atoms with E-state index in [4.69, 9.17) is 22.3 Å². The van der Waals surface area contributed by atoms with Crippen molar-refractivity contribution in [2.75, 3.05) is 0 Å². The van der Waals surface area contributed by atoms with E-state index in [-0.39, 0.29) is 11.4 Å². The fraction of sp³-hybridized carbons (Fsp3) is 0. The van der Waals surface area contributed by atoms with Gasteiger partial charge in [0.2, 0.25) is 0 Å². The number of allylic oxidation sites excluding steroid dienone is 2. The molecular formula is C6H8N4. The largest absolute Gasteiger partial charge is 0.397 e. The molecule has 0 bridgehead atoms. The summed E-state index contributed by atoms with van der Waals surface area (Å²) in [5.74, 6) is 0. The molecule has 52 valence electrons. The zero-order valence-electron chi connectivity index (χ0n) is 5.31. The van der Waals surface area contributed by atoms with Crippen molar-refractivity contribution in [2.45, 2.75) is 0 Å². The van der Waals surface area contributed by atoms with Crippen LogP contribution in [0, 0.1) is 10.8 Å². The van der Waals surface area contributed by atoms with Crippen LogP contribution in [0.15, 0.2) is 23.5 Å². The van der Waals surface area contributed by atoms with Crippen LogP contribution in [-0.2, 0) is 0 Å². The Kier molecular flexibility index (Phi) is 1.30. The second-order valence-electron chi connectivity index (χ2n) is 2.03. The zero-order chi connectivity index (χ0) is 7.72. The number of nitrogens with two attached hydrogens (primary N) is 2. The summed E-state index contributed by atoms with van der Waals surface area (Å²) < 4.78 is 0. The molecule has 10 heavy (non-hydrogen) atoms. The molecule has 4 heteroatoms. The van der Waals surface area contributed by atoms with Crippen LogP contribution in [0.25, 0.3) is 0 Å².